The number of aryl methyl sites for hydroxylation is 1. The third-order valence-corrected chi connectivity index (χ3v) is 2.78. The van der Waals surface area contributed by atoms with E-state index >= 15 is 0 Å². The topological polar surface area (TPSA) is 68.0 Å². The van der Waals surface area contributed by atoms with Gasteiger partial charge in [-0.1, -0.05) is 6.07 Å². The maximum absolute atomic E-state index is 11.6. The van der Waals surface area contributed by atoms with Crippen molar-refractivity contribution in [2.24, 2.45) is 5.73 Å². The van der Waals surface area contributed by atoms with Crippen LogP contribution >= 0.6 is 11.8 Å². The molecule has 0 saturated heterocycles. The molecule has 1 atom stereocenters. The van der Waals surface area contributed by atoms with Gasteiger partial charge in [-0.25, -0.2) is 4.98 Å². The van der Waals surface area contributed by atoms with Gasteiger partial charge in [-0.15, -0.1) is 0 Å². The molecule has 5 heteroatoms. The molecule has 0 aliphatic rings. The molecule has 1 rings (SSSR count). The highest BCUT2D eigenvalue weighted by atomic mass is 32.2. The van der Waals surface area contributed by atoms with Crippen LogP contribution in [0.15, 0.2) is 18.3 Å². The van der Waals surface area contributed by atoms with Crippen molar-refractivity contribution in [2.45, 2.75) is 19.4 Å². The molecular weight excluding hydrogens is 222 g/mol. The summed E-state index contributed by atoms with van der Waals surface area (Å²) in [5.74, 6) is 1.26. The number of anilines is 1. The van der Waals surface area contributed by atoms with Crippen LogP contribution in [0.4, 0.5) is 5.82 Å². The third kappa shape index (κ3) is 4.20. The lowest BCUT2D eigenvalue weighted by Crippen LogP contribution is -2.36. The van der Waals surface area contributed by atoms with Gasteiger partial charge in [0.05, 0.1) is 6.04 Å². The van der Waals surface area contributed by atoms with Crippen molar-refractivity contribution < 1.29 is 4.79 Å². The predicted molar refractivity (Wildman–Crippen MR) is 68.6 cm³/mol. The minimum Gasteiger partial charge on any atom is -0.320 e. The summed E-state index contributed by atoms with van der Waals surface area (Å²) < 4.78 is 0. The Morgan fingerprint density at radius 1 is 1.62 bits per heavy atom. The average Bonchev–Trinajstić information content (AvgIpc) is 2.29. The fraction of sp³-hybridized carbons (Fsp3) is 0.455. The maximum Gasteiger partial charge on any atom is 0.242 e. The lowest BCUT2D eigenvalue weighted by atomic mass is 10.2. The molecule has 4 nitrogen and oxygen atoms in total. The van der Waals surface area contributed by atoms with Crippen molar-refractivity contribution in [3.05, 3.63) is 23.9 Å². The second-order valence-corrected chi connectivity index (χ2v) is 4.58. The summed E-state index contributed by atoms with van der Waals surface area (Å²) in [5, 5.41) is 2.69. The molecule has 0 aliphatic heterocycles. The molecule has 1 heterocycles. The Bertz CT molecular complexity index is 340. The summed E-state index contributed by atoms with van der Waals surface area (Å²) in [6.45, 7) is 1.95. The highest BCUT2D eigenvalue weighted by molar-refractivity contribution is 7.98. The van der Waals surface area contributed by atoms with Crippen LogP contribution in [0.2, 0.25) is 0 Å². The normalized spacial score (nSPS) is 12.2. The maximum atomic E-state index is 11.6. The van der Waals surface area contributed by atoms with E-state index in [1.807, 2.05) is 19.2 Å². The van der Waals surface area contributed by atoms with Crippen molar-refractivity contribution >= 4 is 23.5 Å². The highest BCUT2D eigenvalue weighted by Gasteiger charge is 2.13. The predicted octanol–water partition coefficient (Wildman–Crippen LogP) is 1.41. The van der Waals surface area contributed by atoms with Crippen LogP contribution in [0.3, 0.4) is 0 Å². The van der Waals surface area contributed by atoms with Crippen LogP contribution < -0.4 is 11.1 Å². The second kappa shape index (κ2) is 6.50. The van der Waals surface area contributed by atoms with Crippen LogP contribution in [0.25, 0.3) is 0 Å². The molecule has 88 valence electrons. The first kappa shape index (κ1) is 13.0. The fourth-order valence-corrected chi connectivity index (χ4v) is 1.63. The summed E-state index contributed by atoms with van der Waals surface area (Å²) in [6.07, 6.45) is 4.38. The molecule has 1 aromatic rings. The van der Waals surface area contributed by atoms with Crippen molar-refractivity contribution in [3.8, 4) is 0 Å². The first-order valence-corrected chi connectivity index (χ1v) is 6.51. The number of carbonyl (C=O) groups excluding carboxylic acids is 1. The Balaban J connectivity index is 2.47. The van der Waals surface area contributed by atoms with Gasteiger partial charge in [-0.3, -0.25) is 4.79 Å². The van der Waals surface area contributed by atoms with Crippen molar-refractivity contribution in [1.29, 1.82) is 0 Å². The molecule has 0 spiro atoms. The summed E-state index contributed by atoms with van der Waals surface area (Å²) in [4.78, 5) is 15.7. The zero-order valence-corrected chi connectivity index (χ0v) is 10.4. The smallest absolute Gasteiger partial charge is 0.242 e. The number of rotatable bonds is 5. The van der Waals surface area contributed by atoms with Gasteiger partial charge in [0.25, 0.3) is 0 Å². The first-order valence-electron chi connectivity index (χ1n) is 5.11. The van der Waals surface area contributed by atoms with Gasteiger partial charge in [0, 0.05) is 6.20 Å². The number of hydrogen-bond donors (Lipinski definition) is 2. The molecule has 0 unspecified atom stereocenters. The van der Waals surface area contributed by atoms with Crippen LogP contribution in [-0.4, -0.2) is 28.9 Å². The third-order valence-electron chi connectivity index (χ3n) is 2.13. The molecule has 0 aliphatic carbocycles. The minimum absolute atomic E-state index is 0.176. The Morgan fingerprint density at radius 2 is 2.38 bits per heavy atom. The number of nitrogens with zero attached hydrogens (tertiary/aromatic N) is 1. The molecule has 16 heavy (non-hydrogen) atoms. The van der Waals surface area contributed by atoms with Crippen molar-refractivity contribution in [3.63, 3.8) is 0 Å². The van der Waals surface area contributed by atoms with E-state index in [2.05, 4.69) is 10.3 Å². The molecule has 1 amide bonds. The van der Waals surface area contributed by atoms with Crippen LogP contribution in [-0.2, 0) is 4.79 Å². The SMILES string of the molecule is CSCC[C@@H](N)C(=O)Nc1ccc(C)cn1. The number of thioether (sulfide) groups is 1. The summed E-state index contributed by atoms with van der Waals surface area (Å²) in [5.41, 5.74) is 6.79. The summed E-state index contributed by atoms with van der Waals surface area (Å²) >= 11 is 1.68. The Labute approximate surface area is 100 Å². The first-order chi connectivity index (χ1) is 7.63. The van der Waals surface area contributed by atoms with Crippen molar-refractivity contribution in [1.82, 2.24) is 4.98 Å². The van der Waals surface area contributed by atoms with Gasteiger partial charge in [0.15, 0.2) is 0 Å². The molecule has 0 saturated carbocycles. The van der Waals surface area contributed by atoms with E-state index in [1.165, 1.54) is 0 Å². The van der Waals surface area contributed by atoms with Crippen LogP contribution in [0, 0.1) is 6.92 Å². The molecule has 0 aromatic carbocycles. The van der Waals surface area contributed by atoms with Gasteiger partial charge >= 0.3 is 0 Å². The van der Waals surface area contributed by atoms with Gasteiger partial charge < -0.3 is 11.1 Å². The van der Waals surface area contributed by atoms with E-state index in [4.69, 9.17) is 5.73 Å². The van der Waals surface area contributed by atoms with Gasteiger partial charge in [0.2, 0.25) is 5.91 Å². The number of aromatic nitrogens is 1. The molecular formula is C11H17N3OS. The molecule has 0 fully saturated rings. The Kier molecular flexibility index (Phi) is 5.28. The zero-order chi connectivity index (χ0) is 12.0. The lowest BCUT2D eigenvalue weighted by molar-refractivity contribution is -0.117. The standard InChI is InChI=1S/C11H17N3OS/c1-8-3-4-10(13-7-8)14-11(15)9(12)5-6-16-2/h3-4,7,9H,5-6,12H2,1-2H3,(H,13,14,15)/t9-/m1/s1. The van der Waals surface area contributed by atoms with E-state index in [0.29, 0.717) is 12.2 Å². The zero-order valence-electron chi connectivity index (χ0n) is 9.56. The van der Waals surface area contributed by atoms with Gasteiger partial charge in [-0.05, 0) is 37.0 Å². The van der Waals surface area contributed by atoms with Crippen LogP contribution in [0.1, 0.15) is 12.0 Å². The molecule has 0 radical (unpaired) electrons. The number of pyridine rings is 1. The van der Waals surface area contributed by atoms with Crippen LogP contribution in [0.5, 0.6) is 0 Å². The number of carbonyl (C=O) groups is 1. The minimum atomic E-state index is -0.462. The number of nitrogens with two attached hydrogens (primary N) is 1. The van der Waals surface area contributed by atoms with E-state index in [9.17, 15) is 4.79 Å². The number of amides is 1. The van der Waals surface area contributed by atoms with E-state index in [1.54, 1.807) is 24.0 Å². The molecule has 0 bridgehead atoms. The Hall–Kier alpha value is -1.07. The second-order valence-electron chi connectivity index (χ2n) is 3.60. The van der Waals surface area contributed by atoms with E-state index < -0.39 is 6.04 Å². The number of hydrogen-bond acceptors (Lipinski definition) is 4. The number of nitrogens with one attached hydrogen (secondary N) is 1. The van der Waals surface area contributed by atoms with Gasteiger partial charge in [0.1, 0.15) is 5.82 Å². The fourth-order valence-electron chi connectivity index (χ4n) is 1.14. The Morgan fingerprint density at radius 3 is 2.94 bits per heavy atom. The highest BCUT2D eigenvalue weighted by Crippen LogP contribution is 2.05. The summed E-state index contributed by atoms with van der Waals surface area (Å²) in [6, 6.07) is 3.21. The lowest BCUT2D eigenvalue weighted by Gasteiger charge is -2.10. The van der Waals surface area contributed by atoms with E-state index in [0.717, 1.165) is 11.3 Å². The largest absolute Gasteiger partial charge is 0.320 e. The molecule has 3 N–H and O–H groups in total. The molecule has 1 aromatic heterocycles. The van der Waals surface area contributed by atoms with Gasteiger partial charge in [-0.2, -0.15) is 11.8 Å². The quantitative estimate of drug-likeness (QED) is 0.815. The summed E-state index contributed by atoms with van der Waals surface area (Å²) in [7, 11) is 0. The average molecular weight is 239 g/mol. The van der Waals surface area contributed by atoms with E-state index in [-0.39, 0.29) is 5.91 Å². The monoisotopic (exact) mass is 239 g/mol. The van der Waals surface area contributed by atoms with Crippen molar-refractivity contribution in [2.75, 3.05) is 17.3 Å².